The van der Waals surface area contributed by atoms with Crippen LogP contribution < -0.4 is 5.32 Å². The number of pyridine rings is 1. The van der Waals surface area contributed by atoms with E-state index in [9.17, 15) is 4.79 Å². The van der Waals surface area contributed by atoms with E-state index in [1.54, 1.807) is 26.2 Å². The van der Waals surface area contributed by atoms with Gasteiger partial charge >= 0.3 is 5.97 Å². The second kappa shape index (κ2) is 4.71. The molecule has 17 heavy (non-hydrogen) atoms. The van der Waals surface area contributed by atoms with Crippen LogP contribution in [0.25, 0.3) is 0 Å². The third-order valence-corrected chi connectivity index (χ3v) is 2.98. The number of hydrogen-bond donors (Lipinski definition) is 2. The Morgan fingerprint density at radius 3 is 2.82 bits per heavy atom. The van der Waals surface area contributed by atoms with Crippen molar-refractivity contribution in [2.45, 2.75) is 31.9 Å². The lowest BCUT2D eigenvalue weighted by atomic mass is 9.89. The topological polar surface area (TPSA) is 71.5 Å². The SMILES string of the molecule is COC1CC(Nc2cc(C(=O)O)cc(C)n2)C1. The smallest absolute Gasteiger partial charge is 0.335 e. The first-order valence-electron chi connectivity index (χ1n) is 5.60. The standard InChI is InChI=1S/C12H16N2O3/c1-7-3-8(12(15)16)4-11(13-7)14-9-5-10(6-9)17-2/h3-4,9-10H,5-6H2,1-2H3,(H,13,14)(H,15,16). The van der Waals surface area contributed by atoms with Gasteiger partial charge in [0.1, 0.15) is 5.82 Å². The summed E-state index contributed by atoms with van der Waals surface area (Å²) in [7, 11) is 1.70. The highest BCUT2D eigenvalue weighted by atomic mass is 16.5. The van der Waals surface area contributed by atoms with Gasteiger partial charge < -0.3 is 15.2 Å². The first-order chi connectivity index (χ1) is 8.08. The fourth-order valence-corrected chi connectivity index (χ4v) is 1.95. The van der Waals surface area contributed by atoms with Gasteiger partial charge in [-0.05, 0) is 31.9 Å². The van der Waals surface area contributed by atoms with Crippen molar-refractivity contribution in [3.05, 3.63) is 23.4 Å². The number of nitrogens with zero attached hydrogens (tertiary/aromatic N) is 1. The number of carboxylic acids is 1. The molecule has 0 amide bonds. The van der Waals surface area contributed by atoms with Gasteiger partial charge in [-0.2, -0.15) is 0 Å². The Morgan fingerprint density at radius 1 is 1.53 bits per heavy atom. The molecule has 1 aliphatic rings. The molecule has 0 atom stereocenters. The van der Waals surface area contributed by atoms with E-state index >= 15 is 0 Å². The van der Waals surface area contributed by atoms with Gasteiger partial charge in [0.25, 0.3) is 0 Å². The second-order valence-corrected chi connectivity index (χ2v) is 4.36. The van der Waals surface area contributed by atoms with Crippen molar-refractivity contribution < 1.29 is 14.6 Å². The van der Waals surface area contributed by atoms with Crippen molar-refractivity contribution in [1.82, 2.24) is 4.98 Å². The summed E-state index contributed by atoms with van der Waals surface area (Å²) < 4.78 is 5.19. The molecule has 1 heterocycles. The van der Waals surface area contributed by atoms with Crippen LogP contribution in [0.15, 0.2) is 12.1 Å². The van der Waals surface area contributed by atoms with Gasteiger partial charge in [-0.3, -0.25) is 0 Å². The van der Waals surface area contributed by atoms with E-state index in [0.717, 1.165) is 12.8 Å². The lowest BCUT2D eigenvalue weighted by molar-refractivity contribution is 0.0327. The van der Waals surface area contributed by atoms with Gasteiger partial charge in [0.15, 0.2) is 0 Å². The number of hydrogen-bond acceptors (Lipinski definition) is 4. The zero-order valence-corrected chi connectivity index (χ0v) is 9.93. The summed E-state index contributed by atoms with van der Waals surface area (Å²) in [4.78, 5) is 15.2. The number of rotatable bonds is 4. The number of nitrogens with one attached hydrogen (secondary N) is 1. The van der Waals surface area contributed by atoms with Crippen LogP contribution in [0, 0.1) is 6.92 Å². The number of methoxy groups -OCH3 is 1. The maximum absolute atomic E-state index is 10.9. The minimum absolute atomic E-state index is 0.266. The zero-order valence-electron chi connectivity index (χ0n) is 9.93. The minimum atomic E-state index is -0.929. The van der Waals surface area contributed by atoms with E-state index in [1.165, 1.54) is 0 Å². The molecule has 0 radical (unpaired) electrons. The van der Waals surface area contributed by atoms with E-state index in [2.05, 4.69) is 10.3 Å². The summed E-state index contributed by atoms with van der Waals surface area (Å²) in [6, 6.07) is 3.46. The van der Waals surface area contributed by atoms with Crippen LogP contribution in [0.5, 0.6) is 0 Å². The highest BCUT2D eigenvalue weighted by Crippen LogP contribution is 2.26. The molecule has 1 aromatic heterocycles. The third kappa shape index (κ3) is 2.74. The van der Waals surface area contributed by atoms with Crippen LogP contribution in [-0.4, -0.2) is 35.3 Å². The number of carboxylic acid groups (broad SMARTS) is 1. The molecule has 92 valence electrons. The van der Waals surface area contributed by atoms with E-state index in [1.807, 2.05) is 0 Å². The number of aryl methyl sites for hydroxylation is 1. The molecule has 1 saturated carbocycles. The Bertz CT molecular complexity index is 428. The Morgan fingerprint density at radius 2 is 2.24 bits per heavy atom. The molecule has 0 spiro atoms. The van der Waals surface area contributed by atoms with Crippen LogP contribution in [0.2, 0.25) is 0 Å². The summed E-state index contributed by atoms with van der Waals surface area (Å²) in [6.07, 6.45) is 2.19. The Balaban J connectivity index is 2.04. The maximum atomic E-state index is 10.9. The van der Waals surface area contributed by atoms with E-state index in [4.69, 9.17) is 9.84 Å². The maximum Gasteiger partial charge on any atom is 0.335 e. The first kappa shape index (κ1) is 11.9. The predicted molar refractivity (Wildman–Crippen MR) is 63.4 cm³/mol. The van der Waals surface area contributed by atoms with Crippen LogP contribution >= 0.6 is 0 Å². The molecule has 0 bridgehead atoms. The van der Waals surface area contributed by atoms with Crippen molar-refractivity contribution in [1.29, 1.82) is 0 Å². The monoisotopic (exact) mass is 236 g/mol. The predicted octanol–water partition coefficient (Wildman–Crippen LogP) is 1.68. The summed E-state index contributed by atoms with van der Waals surface area (Å²) in [5.41, 5.74) is 0.970. The first-order valence-corrected chi connectivity index (χ1v) is 5.60. The summed E-state index contributed by atoms with van der Waals surface area (Å²) in [5, 5.41) is 12.2. The van der Waals surface area contributed by atoms with E-state index in [-0.39, 0.29) is 5.56 Å². The van der Waals surface area contributed by atoms with Crippen LogP contribution in [0.4, 0.5) is 5.82 Å². The molecule has 5 heteroatoms. The quantitative estimate of drug-likeness (QED) is 0.832. The van der Waals surface area contributed by atoms with Gasteiger partial charge in [-0.15, -0.1) is 0 Å². The molecule has 0 unspecified atom stereocenters. The van der Waals surface area contributed by atoms with Crippen molar-refractivity contribution in [2.75, 3.05) is 12.4 Å². The molecule has 1 aromatic rings. The van der Waals surface area contributed by atoms with Gasteiger partial charge in [0.2, 0.25) is 0 Å². The van der Waals surface area contributed by atoms with Gasteiger partial charge in [-0.1, -0.05) is 0 Å². The molecule has 2 N–H and O–H groups in total. The largest absolute Gasteiger partial charge is 0.478 e. The van der Waals surface area contributed by atoms with E-state index < -0.39 is 5.97 Å². The number of anilines is 1. The Kier molecular flexibility index (Phi) is 3.28. The number of aromatic carboxylic acids is 1. The fraction of sp³-hybridized carbons (Fsp3) is 0.500. The average molecular weight is 236 g/mol. The average Bonchev–Trinajstić information content (AvgIpc) is 2.21. The zero-order chi connectivity index (χ0) is 12.4. The summed E-state index contributed by atoms with van der Waals surface area (Å²) >= 11 is 0. The lowest BCUT2D eigenvalue weighted by Crippen LogP contribution is -2.40. The summed E-state index contributed by atoms with van der Waals surface area (Å²) in [5.74, 6) is -0.302. The summed E-state index contributed by atoms with van der Waals surface area (Å²) in [6.45, 7) is 1.79. The number of aromatic nitrogens is 1. The van der Waals surface area contributed by atoms with Crippen LogP contribution in [0.1, 0.15) is 28.9 Å². The minimum Gasteiger partial charge on any atom is -0.478 e. The molecule has 0 aliphatic heterocycles. The van der Waals surface area contributed by atoms with Gasteiger partial charge in [0.05, 0.1) is 11.7 Å². The van der Waals surface area contributed by atoms with E-state index in [0.29, 0.717) is 23.7 Å². The lowest BCUT2D eigenvalue weighted by Gasteiger charge is -2.35. The second-order valence-electron chi connectivity index (χ2n) is 4.36. The molecular formula is C12H16N2O3. The number of carbonyl (C=O) groups is 1. The van der Waals surface area contributed by atoms with Gasteiger partial charge in [0, 0.05) is 18.8 Å². The van der Waals surface area contributed by atoms with Gasteiger partial charge in [-0.25, -0.2) is 9.78 Å². The molecular weight excluding hydrogens is 220 g/mol. The fourth-order valence-electron chi connectivity index (χ4n) is 1.95. The molecule has 0 saturated heterocycles. The van der Waals surface area contributed by atoms with Crippen molar-refractivity contribution in [2.24, 2.45) is 0 Å². The molecule has 2 rings (SSSR count). The molecule has 1 aliphatic carbocycles. The molecule has 5 nitrogen and oxygen atoms in total. The normalized spacial score (nSPS) is 22.9. The van der Waals surface area contributed by atoms with Crippen LogP contribution in [-0.2, 0) is 4.74 Å². The van der Waals surface area contributed by atoms with Crippen LogP contribution in [0.3, 0.4) is 0 Å². The van der Waals surface area contributed by atoms with Crippen molar-refractivity contribution in [3.63, 3.8) is 0 Å². The highest BCUT2D eigenvalue weighted by molar-refractivity contribution is 5.88. The van der Waals surface area contributed by atoms with Crippen molar-refractivity contribution >= 4 is 11.8 Å². The number of ether oxygens (including phenoxy) is 1. The third-order valence-electron chi connectivity index (χ3n) is 2.98. The van der Waals surface area contributed by atoms with Crippen molar-refractivity contribution in [3.8, 4) is 0 Å². The highest BCUT2D eigenvalue weighted by Gasteiger charge is 2.29. The molecule has 0 aromatic carbocycles. The Labute approximate surface area is 99.8 Å². The Hall–Kier alpha value is -1.62. The molecule has 1 fully saturated rings.